The van der Waals surface area contributed by atoms with Crippen molar-refractivity contribution in [1.29, 1.82) is 0 Å². The van der Waals surface area contributed by atoms with Gasteiger partial charge in [-0.1, -0.05) is 41.4 Å². The molecule has 1 saturated carbocycles. The van der Waals surface area contributed by atoms with Crippen LogP contribution in [-0.4, -0.2) is 14.6 Å². The first kappa shape index (κ1) is 11.9. The zero-order chi connectivity index (χ0) is 13.7. The summed E-state index contributed by atoms with van der Waals surface area (Å²) in [5.41, 5.74) is 4.83. The second kappa shape index (κ2) is 4.32. The number of imidazole rings is 1. The van der Waals surface area contributed by atoms with Crippen LogP contribution in [0.1, 0.15) is 34.9 Å². The van der Waals surface area contributed by atoms with Crippen molar-refractivity contribution in [2.45, 2.75) is 25.2 Å². The first-order chi connectivity index (χ1) is 9.72. The molecule has 20 heavy (non-hydrogen) atoms. The predicted molar refractivity (Wildman–Crippen MR) is 79.3 cm³/mol. The maximum Gasteiger partial charge on any atom is 0.157 e. The van der Waals surface area contributed by atoms with Gasteiger partial charge in [0, 0.05) is 18.0 Å². The average molecular weight is 284 g/mol. The van der Waals surface area contributed by atoms with E-state index < -0.39 is 0 Å². The highest BCUT2D eigenvalue weighted by atomic mass is 35.5. The van der Waals surface area contributed by atoms with Gasteiger partial charge in [0.25, 0.3) is 0 Å². The highest BCUT2D eigenvalue weighted by Gasteiger charge is 2.41. The van der Waals surface area contributed by atoms with E-state index in [-0.39, 0.29) is 0 Å². The lowest BCUT2D eigenvalue weighted by molar-refractivity contribution is 0.906. The van der Waals surface area contributed by atoms with Crippen LogP contribution in [0.5, 0.6) is 0 Å². The third kappa shape index (κ3) is 1.90. The fraction of sp³-hybridized carbons (Fsp3) is 0.250. The van der Waals surface area contributed by atoms with Crippen LogP contribution in [0.2, 0.25) is 5.15 Å². The van der Waals surface area contributed by atoms with Gasteiger partial charge in [0.15, 0.2) is 5.65 Å². The molecule has 1 aromatic carbocycles. The summed E-state index contributed by atoms with van der Waals surface area (Å²) >= 11 is 6.11. The summed E-state index contributed by atoms with van der Waals surface area (Å²) in [6.07, 6.45) is 4.77. The summed E-state index contributed by atoms with van der Waals surface area (Å²) in [6.45, 7) is 2.12. The van der Waals surface area contributed by atoms with E-state index in [0.29, 0.717) is 17.0 Å². The molecule has 0 radical (unpaired) electrons. The van der Waals surface area contributed by atoms with E-state index in [1.807, 2.05) is 12.3 Å². The number of nitrogens with zero attached hydrogens (tertiary/aromatic N) is 3. The monoisotopic (exact) mass is 283 g/mol. The van der Waals surface area contributed by atoms with Crippen molar-refractivity contribution >= 4 is 17.2 Å². The van der Waals surface area contributed by atoms with Crippen LogP contribution < -0.4 is 0 Å². The minimum atomic E-state index is 0.503. The molecule has 2 aromatic heterocycles. The molecule has 0 unspecified atom stereocenters. The van der Waals surface area contributed by atoms with Gasteiger partial charge in [-0.05, 0) is 36.8 Å². The molecule has 1 fully saturated rings. The minimum Gasteiger partial charge on any atom is -0.235 e. The molecule has 2 atom stereocenters. The van der Waals surface area contributed by atoms with Gasteiger partial charge in [-0.2, -0.15) is 5.10 Å². The lowest BCUT2D eigenvalue weighted by Gasteiger charge is -2.04. The molecule has 0 N–H and O–H groups in total. The molecule has 0 aliphatic heterocycles. The molecule has 0 bridgehead atoms. The van der Waals surface area contributed by atoms with Gasteiger partial charge in [0.1, 0.15) is 5.15 Å². The molecular formula is C16H14ClN3. The molecule has 3 nitrogen and oxygen atoms in total. The average Bonchev–Trinajstić information content (AvgIpc) is 3.09. The van der Waals surface area contributed by atoms with Crippen molar-refractivity contribution in [1.82, 2.24) is 14.6 Å². The summed E-state index contributed by atoms with van der Waals surface area (Å²) in [5, 5.41) is 4.76. The molecule has 4 heteroatoms. The normalized spacial score (nSPS) is 21.3. The van der Waals surface area contributed by atoms with Gasteiger partial charge < -0.3 is 0 Å². The van der Waals surface area contributed by atoms with Crippen molar-refractivity contribution in [3.63, 3.8) is 0 Å². The second-order valence-corrected chi connectivity index (χ2v) is 5.86. The van der Waals surface area contributed by atoms with Crippen molar-refractivity contribution in [3.8, 4) is 0 Å². The van der Waals surface area contributed by atoms with Crippen LogP contribution in [0.4, 0.5) is 0 Å². The Morgan fingerprint density at radius 1 is 1.20 bits per heavy atom. The Hall–Kier alpha value is -1.87. The Labute approximate surface area is 122 Å². The van der Waals surface area contributed by atoms with Crippen LogP contribution in [0.3, 0.4) is 0 Å². The van der Waals surface area contributed by atoms with Crippen LogP contribution in [0.15, 0.2) is 42.7 Å². The first-order valence-electron chi connectivity index (χ1n) is 6.79. The number of hydrogen-bond acceptors (Lipinski definition) is 2. The van der Waals surface area contributed by atoms with Crippen LogP contribution in [0, 0.1) is 6.92 Å². The lowest BCUT2D eigenvalue weighted by Crippen LogP contribution is -1.96. The van der Waals surface area contributed by atoms with E-state index in [1.165, 1.54) is 16.7 Å². The van der Waals surface area contributed by atoms with E-state index in [1.54, 1.807) is 10.7 Å². The summed E-state index contributed by atoms with van der Waals surface area (Å²) < 4.78 is 1.77. The molecule has 0 spiro atoms. The van der Waals surface area contributed by atoms with Gasteiger partial charge in [-0.15, -0.1) is 0 Å². The van der Waals surface area contributed by atoms with E-state index in [2.05, 4.69) is 41.3 Å². The van der Waals surface area contributed by atoms with Crippen molar-refractivity contribution in [2.75, 3.05) is 0 Å². The number of hydrogen-bond donors (Lipinski definition) is 0. The Bertz CT molecular complexity index is 776. The highest BCUT2D eigenvalue weighted by molar-refractivity contribution is 6.29. The van der Waals surface area contributed by atoms with E-state index in [0.717, 1.165) is 12.1 Å². The van der Waals surface area contributed by atoms with E-state index in [4.69, 9.17) is 11.6 Å². The Morgan fingerprint density at radius 2 is 2.00 bits per heavy atom. The van der Waals surface area contributed by atoms with Gasteiger partial charge in [-0.25, -0.2) is 9.50 Å². The number of fused-ring (bicyclic) bond motifs is 1. The topological polar surface area (TPSA) is 30.2 Å². The third-order valence-electron chi connectivity index (χ3n) is 4.05. The second-order valence-electron chi connectivity index (χ2n) is 5.48. The standard InChI is InChI=1S/C16H14ClN3/c1-10-2-4-11(5-3-10)12-8-13(12)14-9-15(17)19-20-7-6-18-16(14)20/h2-7,9,12-13H,8H2,1H3/t12-,13+/m1/s1. The number of aryl methyl sites for hydroxylation is 1. The minimum absolute atomic E-state index is 0.503. The maximum atomic E-state index is 6.11. The molecule has 1 aliphatic rings. The SMILES string of the molecule is Cc1ccc([C@H]2C[C@@H]2c2cc(Cl)nn3ccnc23)cc1. The van der Waals surface area contributed by atoms with Crippen LogP contribution in [-0.2, 0) is 0 Å². The lowest BCUT2D eigenvalue weighted by atomic mass is 10.0. The first-order valence-corrected chi connectivity index (χ1v) is 7.16. The molecule has 1 aliphatic carbocycles. The predicted octanol–water partition coefficient (Wildman–Crippen LogP) is 3.96. The molecule has 0 amide bonds. The molecular weight excluding hydrogens is 270 g/mol. The van der Waals surface area contributed by atoms with Gasteiger partial charge in [-0.3, -0.25) is 0 Å². The van der Waals surface area contributed by atoms with Gasteiger partial charge in [0.05, 0.1) is 0 Å². The summed E-state index contributed by atoms with van der Waals surface area (Å²) in [4.78, 5) is 4.41. The summed E-state index contributed by atoms with van der Waals surface area (Å²) in [6, 6.07) is 10.8. The fourth-order valence-electron chi connectivity index (χ4n) is 2.90. The third-order valence-corrected chi connectivity index (χ3v) is 4.24. The number of halogens is 1. The van der Waals surface area contributed by atoms with Gasteiger partial charge >= 0.3 is 0 Å². The molecule has 2 heterocycles. The quantitative estimate of drug-likeness (QED) is 0.712. The van der Waals surface area contributed by atoms with E-state index >= 15 is 0 Å². The number of benzene rings is 1. The zero-order valence-corrected chi connectivity index (χ0v) is 11.9. The fourth-order valence-corrected chi connectivity index (χ4v) is 3.10. The maximum absolute atomic E-state index is 6.11. The smallest absolute Gasteiger partial charge is 0.157 e. The Morgan fingerprint density at radius 3 is 2.80 bits per heavy atom. The van der Waals surface area contributed by atoms with Crippen LogP contribution >= 0.6 is 11.6 Å². The largest absolute Gasteiger partial charge is 0.235 e. The summed E-state index contributed by atoms with van der Waals surface area (Å²) in [5.74, 6) is 1.08. The van der Waals surface area contributed by atoms with E-state index in [9.17, 15) is 0 Å². The Kier molecular flexibility index (Phi) is 2.57. The molecule has 4 rings (SSSR count). The highest BCUT2D eigenvalue weighted by Crippen LogP contribution is 2.55. The zero-order valence-electron chi connectivity index (χ0n) is 11.1. The van der Waals surface area contributed by atoms with Gasteiger partial charge in [0.2, 0.25) is 0 Å². The van der Waals surface area contributed by atoms with Crippen molar-refractivity contribution in [2.24, 2.45) is 0 Å². The number of rotatable bonds is 2. The number of aromatic nitrogens is 3. The van der Waals surface area contributed by atoms with Crippen molar-refractivity contribution < 1.29 is 0 Å². The molecule has 100 valence electrons. The Balaban J connectivity index is 1.72. The summed E-state index contributed by atoms with van der Waals surface area (Å²) in [7, 11) is 0. The van der Waals surface area contributed by atoms with Crippen molar-refractivity contribution in [3.05, 3.63) is 64.6 Å². The molecule has 0 saturated heterocycles. The molecule has 3 aromatic rings. The van der Waals surface area contributed by atoms with Crippen LogP contribution in [0.25, 0.3) is 5.65 Å².